The molecule has 0 aliphatic carbocycles. The third-order valence-electron chi connectivity index (χ3n) is 0.623. The fraction of sp³-hybridized carbons (Fsp3) is 0.250. The molecule has 0 fully saturated rings. The lowest BCUT2D eigenvalue weighted by Crippen LogP contribution is -2.21. The molecule has 2 nitrogen and oxygen atoms in total. The number of nitrogens with one attached hydrogen (secondary N) is 1. The number of rotatable bonds is 0. The van der Waals surface area contributed by atoms with Crippen LogP contribution in [-0.2, 0) is 4.79 Å². The second kappa shape index (κ2) is 6.26. The van der Waals surface area contributed by atoms with Crippen molar-refractivity contribution in [3.63, 3.8) is 0 Å². The molecule has 1 rings (SSSR count). The van der Waals surface area contributed by atoms with Gasteiger partial charge < -0.3 is 5.32 Å². The van der Waals surface area contributed by atoms with Crippen LogP contribution in [0.5, 0.6) is 0 Å². The summed E-state index contributed by atoms with van der Waals surface area (Å²) >= 11 is 1.51. The summed E-state index contributed by atoms with van der Waals surface area (Å²) in [6.07, 6.45) is 1.65. The van der Waals surface area contributed by atoms with Gasteiger partial charge in [0.1, 0.15) is 0 Å². The van der Waals surface area contributed by atoms with E-state index in [2.05, 4.69) is 5.32 Å². The first-order chi connectivity index (χ1) is 3.39. The SMILES string of the molecule is Cl.Cl.O=C1CSC=CN1. The van der Waals surface area contributed by atoms with Crippen LogP contribution in [0.4, 0.5) is 0 Å². The van der Waals surface area contributed by atoms with E-state index in [1.807, 2.05) is 5.41 Å². The Labute approximate surface area is 70.3 Å². The molecule has 1 amide bonds. The number of thioether (sulfide) groups is 1. The van der Waals surface area contributed by atoms with E-state index >= 15 is 0 Å². The Morgan fingerprint density at radius 2 is 2.22 bits per heavy atom. The van der Waals surface area contributed by atoms with Gasteiger partial charge in [0.15, 0.2) is 0 Å². The van der Waals surface area contributed by atoms with E-state index in [1.54, 1.807) is 6.20 Å². The molecule has 0 radical (unpaired) electrons. The minimum Gasteiger partial charge on any atom is -0.331 e. The first kappa shape index (κ1) is 11.9. The van der Waals surface area contributed by atoms with Crippen molar-refractivity contribution in [2.24, 2.45) is 0 Å². The van der Waals surface area contributed by atoms with E-state index in [9.17, 15) is 4.79 Å². The smallest absolute Gasteiger partial charge is 0.234 e. The number of hydrogen-bond acceptors (Lipinski definition) is 2. The average Bonchev–Trinajstić information content (AvgIpc) is 1.69. The summed E-state index contributed by atoms with van der Waals surface area (Å²) in [5.74, 6) is 0.656. The fourth-order valence-electron chi connectivity index (χ4n) is 0.341. The van der Waals surface area contributed by atoms with Gasteiger partial charge in [-0.05, 0) is 5.41 Å². The van der Waals surface area contributed by atoms with Crippen molar-refractivity contribution in [2.75, 3.05) is 5.75 Å². The van der Waals surface area contributed by atoms with Crippen molar-refractivity contribution in [2.45, 2.75) is 0 Å². The van der Waals surface area contributed by atoms with E-state index in [4.69, 9.17) is 0 Å². The second-order valence-corrected chi connectivity index (χ2v) is 2.08. The first-order valence-electron chi connectivity index (χ1n) is 1.95. The van der Waals surface area contributed by atoms with Crippen molar-refractivity contribution < 1.29 is 4.79 Å². The minimum absolute atomic E-state index is 0. The molecule has 0 aromatic carbocycles. The Kier molecular flexibility index (Phi) is 8.27. The lowest BCUT2D eigenvalue weighted by molar-refractivity contribution is -0.117. The molecule has 0 saturated carbocycles. The summed E-state index contributed by atoms with van der Waals surface area (Å²) in [6.45, 7) is 0. The Hall–Kier alpha value is 0.140. The third-order valence-corrected chi connectivity index (χ3v) is 1.38. The summed E-state index contributed by atoms with van der Waals surface area (Å²) in [4.78, 5) is 10.3. The summed E-state index contributed by atoms with van der Waals surface area (Å²) < 4.78 is 0. The van der Waals surface area contributed by atoms with Crippen LogP contribution in [0, 0.1) is 0 Å². The van der Waals surface area contributed by atoms with Gasteiger partial charge in [-0.1, -0.05) is 0 Å². The number of carbonyl (C=O) groups excluding carboxylic acids is 1. The molecular weight excluding hydrogens is 181 g/mol. The highest BCUT2D eigenvalue weighted by Crippen LogP contribution is 2.03. The Morgan fingerprint density at radius 3 is 2.44 bits per heavy atom. The van der Waals surface area contributed by atoms with Crippen LogP contribution in [0.1, 0.15) is 0 Å². The Bertz CT molecular complexity index is 117. The van der Waals surface area contributed by atoms with E-state index in [0.29, 0.717) is 5.75 Å². The quantitative estimate of drug-likeness (QED) is 0.618. The largest absolute Gasteiger partial charge is 0.331 e. The molecule has 0 aromatic rings. The lowest BCUT2D eigenvalue weighted by atomic mass is 10.7. The second-order valence-electron chi connectivity index (χ2n) is 1.18. The van der Waals surface area contributed by atoms with Gasteiger partial charge in [0.25, 0.3) is 0 Å². The highest BCUT2D eigenvalue weighted by molar-refractivity contribution is 8.02. The molecule has 9 heavy (non-hydrogen) atoms. The molecule has 0 unspecified atom stereocenters. The summed E-state index contributed by atoms with van der Waals surface area (Å²) in [6, 6.07) is 0. The Morgan fingerprint density at radius 1 is 1.56 bits per heavy atom. The van der Waals surface area contributed by atoms with Crippen LogP contribution in [0.15, 0.2) is 11.6 Å². The summed E-state index contributed by atoms with van der Waals surface area (Å²) in [5.41, 5.74) is 0. The maximum absolute atomic E-state index is 10.3. The molecule has 0 aromatic heterocycles. The fourth-order valence-corrected chi connectivity index (χ4v) is 0.836. The predicted octanol–water partition coefficient (Wildman–Crippen LogP) is 1.16. The van der Waals surface area contributed by atoms with Crippen LogP contribution >= 0.6 is 36.6 Å². The van der Waals surface area contributed by atoms with Gasteiger partial charge in [0.05, 0.1) is 5.75 Å². The van der Waals surface area contributed by atoms with E-state index in [1.165, 1.54) is 11.8 Å². The van der Waals surface area contributed by atoms with Crippen LogP contribution in [0.25, 0.3) is 0 Å². The van der Waals surface area contributed by atoms with Gasteiger partial charge >= 0.3 is 0 Å². The molecule has 1 aliphatic rings. The molecule has 1 N–H and O–H groups in total. The predicted molar refractivity (Wildman–Crippen MR) is 44.2 cm³/mol. The number of carbonyl (C=O) groups is 1. The minimum atomic E-state index is 0. The van der Waals surface area contributed by atoms with Gasteiger partial charge in [0.2, 0.25) is 5.91 Å². The third kappa shape index (κ3) is 4.63. The van der Waals surface area contributed by atoms with Crippen LogP contribution in [0.3, 0.4) is 0 Å². The molecule has 5 heteroatoms. The van der Waals surface area contributed by atoms with Gasteiger partial charge in [0, 0.05) is 6.20 Å². The number of amides is 1. The van der Waals surface area contributed by atoms with Crippen LogP contribution in [-0.4, -0.2) is 11.7 Å². The zero-order chi connectivity index (χ0) is 5.11. The van der Waals surface area contributed by atoms with Gasteiger partial charge in [-0.25, -0.2) is 0 Å². The van der Waals surface area contributed by atoms with Crippen molar-refractivity contribution in [3.05, 3.63) is 11.6 Å². The zero-order valence-corrected chi connectivity index (χ0v) is 6.94. The highest BCUT2D eigenvalue weighted by atomic mass is 35.5. The van der Waals surface area contributed by atoms with Gasteiger partial charge in [-0.2, -0.15) is 0 Å². The molecule has 54 valence electrons. The van der Waals surface area contributed by atoms with Crippen molar-refractivity contribution in [1.29, 1.82) is 0 Å². The standard InChI is InChI=1S/C4H5NOS.2ClH/c6-4-3-7-2-1-5-4;;/h1-2H,3H2,(H,5,6);2*1H. The monoisotopic (exact) mass is 187 g/mol. The number of hydrogen-bond donors (Lipinski definition) is 1. The van der Waals surface area contributed by atoms with Gasteiger partial charge in [-0.15, -0.1) is 36.6 Å². The van der Waals surface area contributed by atoms with Crippen molar-refractivity contribution in [3.8, 4) is 0 Å². The zero-order valence-electron chi connectivity index (χ0n) is 4.49. The molecule has 0 atom stereocenters. The van der Waals surface area contributed by atoms with E-state index in [-0.39, 0.29) is 30.7 Å². The summed E-state index contributed by atoms with van der Waals surface area (Å²) in [5, 5.41) is 4.40. The Balaban J connectivity index is 0. The number of halogens is 2. The normalized spacial score (nSPS) is 14.9. The van der Waals surface area contributed by atoms with Crippen molar-refractivity contribution >= 4 is 42.5 Å². The molecular formula is C4H7Cl2NOS. The van der Waals surface area contributed by atoms with E-state index < -0.39 is 0 Å². The maximum atomic E-state index is 10.3. The highest BCUT2D eigenvalue weighted by Gasteiger charge is 1.98. The molecule has 1 heterocycles. The molecule has 1 aliphatic heterocycles. The topological polar surface area (TPSA) is 29.1 Å². The molecule has 0 bridgehead atoms. The first-order valence-corrected chi connectivity index (χ1v) is 3.00. The lowest BCUT2D eigenvalue weighted by Gasteiger charge is -2.00. The van der Waals surface area contributed by atoms with Gasteiger partial charge in [-0.3, -0.25) is 4.79 Å². The van der Waals surface area contributed by atoms with Crippen molar-refractivity contribution in [1.82, 2.24) is 5.32 Å². The van der Waals surface area contributed by atoms with E-state index in [0.717, 1.165) is 0 Å². The van der Waals surface area contributed by atoms with Crippen LogP contribution in [0.2, 0.25) is 0 Å². The average molecular weight is 188 g/mol. The molecule has 0 saturated heterocycles. The maximum Gasteiger partial charge on any atom is 0.234 e. The summed E-state index contributed by atoms with van der Waals surface area (Å²) in [7, 11) is 0. The van der Waals surface area contributed by atoms with Crippen LogP contribution < -0.4 is 5.32 Å². The molecule has 0 spiro atoms.